The second-order valence-electron chi connectivity index (χ2n) is 7.94. The Bertz CT molecular complexity index is 692. The summed E-state index contributed by atoms with van der Waals surface area (Å²) in [4.78, 5) is 10.5. The Balaban J connectivity index is 1.49. The van der Waals surface area contributed by atoms with Crippen LogP contribution in [-0.2, 0) is 0 Å². The summed E-state index contributed by atoms with van der Waals surface area (Å²) in [6, 6.07) is 6.44. The first kappa shape index (κ1) is 16.4. The molecular formula is C20H28ClN3. The highest BCUT2D eigenvalue weighted by Gasteiger charge is 2.35. The summed E-state index contributed by atoms with van der Waals surface area (Å²) in [5, 5.41) is 0.501. The smallest absolute Gasteiger partial charge is 0.201 e. The molecular weight excluding hydrogens is 318 g/mol. The number of fused-ring (bicyclic) bond motifs is 1. The molecule has 1 saturated heterocycles. The number of hydrogen-bond acceptors (Lipinski definition) is 2. The number of imidazole rings is 1. The van der Waals surface area contributed by atoms with Gasteiger partial charge in [-0.05, 0) is 74.8 Å². The molecule has 1 aliphatic heterocycles. The molecule has 4 rings (SSSR count). The van der Waals surface area contributed by atoms with Gasteiger partial charge in [-0.3, -0.25) is 4.90 Å². The van der Waals surface area contributed by atoms with Crippen LogP contribution >= 0.6 is 11.6 Å². The predicted octanol–water partition coefficient (Wildman–Crippen LogP) is 5.51. The number of nitrogens with one attached hydrogen (secondary N) is 1. The van der Waals surface area contributed by atoms with Crippen LogP contribution in [0.2, 0.25) is 5.28 Å². The number of piperidine rings is 1. The van der Waals surface area contributed by atoms with Gasteiger partial charge in [-0.25, -0.2) is 4.98 Å². The summed E-state index contributed by atoms with van der Waals surface area (Å²) in [6.45, 7) is 4.94. The minimum atomic E-state index is 0.434. The second-order valence-corrected chi connectivity index (χ2v) is 8.30. The average Bonchev–Trinajstić information content (AvgIpc) is 2.83. The van der Waals surface area contributed by atoms with E-state index in [2.05, 4.69) is 40.0 Å². The Hall–Kier alpha value is -1.06. The van der Waals surface area contributed by atoms with E-state index in [9.17, 15) is 0 Å². The van der Waals surface area contributed by atoms with Crippen molar-refractivity contribution in [1.82, 2.24) is 14.9 Å². The summed E-state index contributed by atoms with van der Waals surface area (Å²) < 4.78 is 0. The molecule has 0 unspecified atom stereocenters. The number of hydrogen-bond donors (Lipinski definition) is 1. The predicted molar refractivity (Wildman–Crippen MR) is 101 cm³/mol. The summed E-state index contributed by atoms with van der Waals surface area (Å²) in [5.74, 6) is 0.610. The van der Waals surface area contributed by atoms with E-state index in [1.54, 1.807) is 0 Å². The lowest BCUT2D eigenvalue weighted by Crippen LogP contribution is -2.49. The van der Waals surface area contributed by atoms with Crippen LogP contribution in [0.4, 0.5) is 0 Å². The molecule has 2 heterocycles. The highest BCUT2D eigenvalue weighted by molar-refractivity contribution is 6.29. The maximum Gasteiger partial charge on any atom is 0.201 e. The number of aromatic amines is 1. The van der Waals surface area contributed by atoms with Crippen LogP contribution in [0.3, 0.4) is 0 Å². The summed E-state index contributed by atoms with van der Waals surface area (Å²) in [7, 11) is 0. The fourth-order valence-corrected chi connectivity index (χ4v) is 5.08. The van der Waals surface area contributed by atoms with E-state index in [1.807, 2.05) is 0 Å². The summed E-state index contributed by atoms with van der Waals surface area (Å²) >= 11 is 6.08. The van der Waals surface area contributed by atoms with E-state index in [4.69, 9.17) is 11.6 Å². The van der Waals surface area contributed by atoms with Gasteiger partial charge in [0.2, 0.25) is 5.28 Å². The summed E-state index contributed by atoms with van der Waals surface area (Å²) in [5.41, 5.74) is 3.95. The lowest BCUT2D eigenvalue weighted by atomic mass is 9.83. The molecule has 2 aliphatic rings. The van der Waals surface area contributed by atoms with Crippen LogP contribution in [0.25, 0.3) is 11.0 Å². The Labute approximate surface area is 149 Å². The van der Waals surface area contributed by atoms with Crippen LogP contribution in [-0.4, -0.2) is 33.5 Å². The Morgan fingerprint density at radius 3 is 2.54 bits per heavy atom. The summed E-state index contributed by atoms with van der Waals surface area (Å²) in [6.07, 6.45) is 10.9. The third-order valence-corrected chi connectivity index (χ3v) is 6.57. The fourth-order valence-electron chi connectivity index (χ4n) is 4.89. The van der Waals surface area contributed by atoms with Crippen molar-refractivity contribution in [3.05, 3.63) is 29.0 Å². The first-order valence-corrected chi connectivity index (χ1v) is 9.93. The van der Waals surface area contributed by atoms with E-state index in [-0.39, 0.29) is 0 Å². The minimum absolute atomic E-state index is 0.434. The molecule has 0 amide bonds. The zero-order chi connectivity index (χ0) is 16.6. The van der Waals surface area contributed by atoms with Gasteiger partial charge in [0, 0.05) is 5.54 Å². The Kier molecular flexibility index (Phi) is 4.57. The normalized spacial score (nSPS) is 23.4. The highest BCUT2D eigenvalue weighted by atomic mass is 35.5. The maximum absolute atomic E-state index is 6.08. The van der Waals surface area contributed by atoms with Crippen molar-refractivity contribution < 1.29 is 0 Å². The van der Waals surface area contributed by atoms with Crippen molar-refractivity contribution >= 4 is 22.6 Å². The molecule has 1 N–H and O–H groups in total. The van der Waals surface area contributed by atoms with Crippen LogP contribution < -0.4 is 0 Å². The van der Waals surface area contributed by atoms with E-state index >= 15 is 0 Å². The molecule has 2 aromatic rings. The molecule has 0 bridgehead atoms. The highest BCUT2D eigenvalue weighted by Crippen LogP contribution is 2.38. The minimum Gasteiger partial charge on any atom is -0.329 e. The molecule has 1 saturated carbocycles. The molecule has 3 nitrogen and oxygen atoms in total. The molecule has 24 heavy (non-hydrogen) atoms. The number of para-hydroxylation sites is 1. The Morgan fingerprint density at radius 1 is 1.12 bits per heavy atom. The number of halogens is 1. The van der Waals surface area contributed by atoms with Crippen LogP contribution in [0.1, 0.15) is 69.8 Å². The number of benzene rings is 1. The van der Waals surface area contributed by atoms with Gasteiger partial charge in [-0.1, -0.05) is 37.8 Å². The monoisotopic (exact) mass is 345 g/mol. The first-order valence-electron chi connectivity index (χ1n) is 9.55. The van der Waals surface area contributed by atoms with Crippen molar-refractivity contribution in [3.63, 3.8) is 0 Å². The van der Waals surface area contributed by atoms with E-state index < -0.39 is 0 Å². The SMILES string of the molecule is CC1(N2CCC(c3cccc4[nH]c(Cl)nc34)CC2)CCCCCC1. The average molecular weight is 346 g/mol. The van der Waals surface area contributed by atoms with Crippen molar-refractivity contribution in [2.24, 2.45) is 0 Å². The van der Waals surface area contributed by atoms with Crippen molar-refractivity contribution in [2.45, 2.75) is 69.7 Å². The molecule has 4 heteroatoms. The third-order valence-electron chi connectivity index (χ3n) is 6.39. The van der Waals surface area contributed by atoms with Crippen LogP contribution in [0.15, 0.2) is 18.2 Å². The molecule has 1 aromatic heterocycles. The lowest BCUT2D eigenvalue weighted by molar-refractivity contribution is 0.0611. The molecule has 1 aromatic carbocycles. The first-order chi connectivity index (χ1) is 11.7. The molecule has 2 fully saturated rings. The number of H-pyrrole nitrogens is 1. The van der Waals surface area contributed by atoms with Crippen LogP contribution in [0.5, 0.6) is 0 Å². The molecule has 0 radical (unpaired) electrons. The van der Waals surface area contributed by atoms with Crippen LogP contribution in [0, 0.1) is 0 Å². The van der Waals surface area contributed by atoms with Gasteiger partial charge in [-0.2, -0.15) is 0 Å². The largest absolute Gasteiger partial charge is 0.329 e. The molecule has 0 atom stereocenters. The lowest BCUT2D eigenvalue weighted by Gasteiger charge is -2.45. The quantitative estimate of drug-likeness (QED) is 0.728. The van der Waals surface area contributed by atoms with Gasteiger partial charge in [0.05, 0.1) is 11.0 Å². The van der Waals surface area contributed by atoms with Gasteiger partial charge in [-0.15, -0.1) is 0 Å². The zero-order valence-corrected chi connectivity index (χ0v) is 15.4. The van der Waals surface area contributed by atoms with Crippen molar-refractivity contribution in [1.29, 1.82) is 0 Å². The van der Waals surface area contributed by atoms with Gasteiger partial charge in [0.1, 0.15) is 0 Å². The second kappa shape index (κ2) is 6.68. The Morgan fingerprint density at radius 2 is 1.83 bits per heavy atom. The van der Waals surface area contributed by atoms with Crippen molar-refractivity contribution in [3.8, 4) is 0 Å². The van der Waals surface area contributed by atoms with Gasteiger partial charge in [0.15, 0.2) is 0 Å². The molecule has 0 spiro atoms. The van der Waals surface area contributed by atoms with E-state index in [0.29, 0.717) is 16.7 Å². The molecule has 1 aliphatic carbocycles. The topological polar surface area (TPSA) is 31.9 Å². The number of likely N-dealkylation sites (tertiary alicyclic amines) is 1. The standard InChI is InChI=1S/C20H28ClN3/c1-20(11-4-2-3-5-12-20)24-13-9-15(10-14-24)16-7-6-8-17-18(16)23-19(21)22-17/h6-8,15H,2-5,9-14H2,1H3,(H,22,23). The number of nitrogens with zero attached hydrogens (tertiary/aromatic N) is 2. The van der Waals surface area contributed by atoms with E-state index in [1.165, 1.54) is 70.0 Å². The van der Waals surface area contributed by atoms with E-state index in [0.717, 1.165) is 11.0 Å². The van der Waals surface area contributed by atoms with Gasteiger partial charge in [0.25, 0.3) is 0 Å². The third kappa shape index (κ3) is 3.09. The number of rotatable bonds is 2. The zero-order valence-electron chi connectivity index (χ0n) is 14.7. The maximum atomic E-state index is 6.08. The fraction of sp³-hybridized carbons (Fsp3) is 0.650. The van der Waals surface area contributed by atoms with Gasteiger partial charge >= 0.3 is 0 Å². The van der Waals surface area contributed by atoms with Crippen molar-refractivity contribution in [2.75, 3.05) is 13.1 Å². The molecule has 130 valence electrons. The number of aromatic nitrogens is 2. The van der Waals surface area contributed by atoms with Gasteiger partial charge < -0.3 is 4.98 Å².